The average molecular weight is 278 g/mol. The molecule has 0 N–H and O–H groups in total. The lowest BCUT2D eigenvalue weighted by molar-refractivity contribution is -0.137. The highest BCUT2D eigenvalue weighted by Crippen LogP contribution is 2.41. The summed E-state index contributed by atoms with van der Waals surface area (Å²) in [7, 11) is 0. The second-order valence-corrected chi connectivity index (χ2v) is 5.29. The van der Waals surface area contributed by atoms with Crippen LogP contribution in [0.15, 0.2) is 42.5 Å². The molecule has 0 fully saturated rings. The van der Waals surface area contributed by atoms with Crippen molar-refractivity contribution in [1.82, 2.24) is 0 Å². The second kappa shape index (κ2) is 5.31. The predicted molar refractivity (Wildman–Crippen MR) is 75.7 cm³/mol. The number of rotatable bonds is 2. The molecule has 0 nitrogen and oxygen atoms in total. The van der Waals surface area contributed by atoms with E-state index in [-0.39, 0.29) is 5.92 Å². The van der Waals surface area contributed by atoms with Gasteiger partial charge in [0, 0.05) is 0 Å². The molecule has 3 heteroatoms. The van der Waals surface area contributed by atoms with Gasteiger partial charge in [-0.2, -0.15) is 13.2 Å². The summed E-state index contributed by atoms with van der Waals surface area (Å²) in [5, 5.41) is 0. The largest absolute Gasteiger partial charge is 0.417 e. The summed E-state index contributed by atoms with van der Waals surface area (Å²) in [6, 6.07) is 11.6. The van der Waals surface area contributed by atoms with Crippen molar-refractivity contribution in [2.45, 2.75) is 32.9 Å². The molecule has 20 heavy (non-hydrogen) atoms. The lowest BCUT2D eigenvalue weighted by Gasteiger charge is -2.19. The van der Waals surface area contributed by atoms with Gasteiger partial charge in [0.15, 0.2) is 0 Å². The minimum Gasteiger partial charge on any atom is -0.166 e. The van der Waals surface area contributed by atoms with Crippen molar-refractivity contribution in [3.63, 3.8) is 0 Å². The van der Waals surface area contributed by atoms with Crippen LogP contribution in [0.1, 0.15) is 36.5 Å². The first kappa shape index (κ1) is 14.6. The third-order valence-corrected chi connectivity index (χ3v) is 3.33. The zero-order valence-corrected chi connectivity index (χ0v) is 11.8. The standard InChI is InChI=1S/C17H17F3/c1-11(2)14-8-5-9-15(17(18,19)20)16(14)13-7-4-6-12(3)10-13/h4-11H,1-3H3. The maximum atomic E-state index is 13.3. The summed E-state index contributed by atoms with van der Waals surface area (Å²) in [6.45, 7) is 5.71. The van der Waals surface area contributed by atoms with E-state index < -0.39 is 11.7 Å². The van der Waals surface area contributed by atoms with Crippen LogP contribution in [0.4, 0.5) is 13.2 Å². The fourth-order valence-electron chi connectivity index (χ4n) is 2.41. The SMILES string of the molecule is Cc1cccc(-c2c(C(C)C)cccc2C(F)(F)F)c1. The van der Waals surface area contributed by atoms with Crippen molar-refractivity contribution in [3.05, 3.63) is 59.2 Å². The molecule has 0 saturated carbocycles. The number of alkyl halides is 3. The van der Waals surface area contributed by atoms with Gasteiger partial charge in [-0.25, -0.2) is 0 Å². The monoisotopic (exact) mass is 278 g/mol. The summed E-state index contributed by atoms with van der Waals surface area (Å²) in [5.41, 5.74) is 2.05. The zero-order chi connectivity index (χ0) is 14.9. The molecule has 0 radical (unpaired) electrons. The Morgan fingerprint density at radius 1 is 0.950 bits per heavy atom. The molecule has 0 aromatic heterocycles. The Balaban J connectivity index is 2.77. The van der Waals surface area contributed by atoms with E-state index in [4.69, 9.17) is 0 Å². The van der Waals surface area contributed by atoms with Crippen LogP contribution in [0.5, 0.6) is 0 Å². The van der Waals surface area contributed by atoms with Gasteiger partial charge in [-0.1, -0.05) is 55.8 Å². The lowest BCUT2D eigenvalue weighted by Crippen LogP contribution is -2.09. The van der Waals surface area contributed by atoms with Gasteiger partial charge in [-0.15, -0.1) is 0 Å². The first-order valence-electron chi connectivity index (χ1n) is 6.58. The normalized spacial score (nSPS) is 11.9. The Morgan fingerprint density at radius 3 is 2.15 bits per heavy atom. The molecule has 0 aliphatic rings. The third-order valence-electron chi connectivity index (χ3n) is 3.33. The topological polar surface area (TPSA) is 0 Å². The van der Waals surface area contributed by atoms with Gasteiger partial charge >= 0.3 is 6.18 Å². The van der Waals surface area contributed by atoms with Crippen LogP contribution in [0.25, 0.3) is 11.1 Å². The summed E-state index contributed by atoms with van der Waals surface area (Å²) in [5.74, 6) is 0.0350. The van der Waals surface area contributed by atoms with E-state index in [1.165, 1.54) is 6.07 Å². The van der Waals surface area contributed by atoms with Crippen LogP contribution in [0.3, 0.4) is 0 Å². The van der Waals surface area contributed by atoms with Crippen LogP contribution in [-0.2, 0) is 6.18 Å². The molecule has 2 aromatic rings. The van der Waals surface area contributed by atoms with Crippen LogP contribution in [0, 0.1) is 6.92 Å². The van der Waals surface area contributed by atoms with Crippen molar-refractivity contribution in [2.24, 2.45) is 0 Å². The highest BCUT2D eigenvalue weighted by atomic mass is 19.4. The van der Waals surface area contributed by atoms with Crippen LogP contribution < -0.4 is 0 Å². The molecule has 0 bridgehead atoms. The van der Waals surface area contributed by atoms with Gasteiger partial charge in [0.2, 0.25) is 0 Å². The summed E-state index contributed by atoms with van der Waals surface area (Å²) >= 11 is 0. The van der Waals surface area contributed by atoms with E-state index in [0.29, 0.717) is 11.1 Å². The number of hydrogen-bond donors (Lipinski definition) is 0. The Morgan fingerprint density at radius 2 is 1.60 bits per heavy atom. The van der Waals surface area contributed by atoms with Gasteiger partial charge in [0.1, 0.15) is 0 Å². The van der Waals surface area contributed by atoms with E-state index in [0.717, 1.165) is 17.2 Å². The first-order valence-corrected chi connectivity index (χ1v) is 6.58. The maximum Gasteiger partial charge on any atom is 0.417 e. The van der Waals surface area contributed by atoms with E-state index >= 15 is 0 Å². The van der Waals surface area contributed by atoms with Crippen molar-refractivity contribution in [2.75, 3.05) is 0 Å². The van der Waals surface area contributed by atoms with Crippen molar-refractivity contribution in [3.8, 4) is 11.1 Å². The third kappa shape index (κ3) is 2.87. The average Bonchev–Trinajstić information content (AvgIpc) is 2.36. The van der Waals surface area contributed by atoms with E-state index in [1.54, 1.807) is 24.3 Å². The molecule has 2 rings (SSSR count). The number of hydrogen-bond acceptors (Lipinski definition) is 0. The van der Waals surface area contributed by atoms with Gasteiger partial charge in [0.25, 0.3) is 0 Å². The summed E-state index contributed by atoms with van der Waals surface area (Å²) in [6.07, 6.45) is -4.34. The first-order chi connectivity index (χ1) is 9.30. The van der Waals surface area contributed by atoms with E-state index in [1.807, 2.05) is 26.8 Å². The Kier molecular flexibility index (Phi) is 3.89. The lowest BCUT2D eigenvalue weighted by atomic mass is 9.88. The van der Waals surface area contributed by atoms with Gasteiger partial charge in [0.05, 0.1) is 5.56 Å². The Bertz CT molecular complexity index is 610. The van der Waals surface area contributed by atoms with Crippen LogP contribution >= 0.6 is 0 Å². The molecule has 0 unspecified atom stereocenters. The highest BCUT2D eigenvalue weighted by Gasteiger charge is 2.34. The molecule has 0 aliphatic heterocycles. The van der Waals surface area contributed by atoms with Crippen molar-refractivity contribution >= 4 is 0 Å². The molecular formula is C17H17F3. The van der Waals surface area contributed by atoms with Gasteiger partial charge in [-0.05, 0) is 35.6 Å². The predicted octanol–water partition coefficient (Wildman–Crippen LogP) is 5.80. The molecule has 0 spiro atoms. The number of benzene rings is 2. The fraction of sp³-hybridized carbons (Fsp3) is 0.294. The fourth-order valence-corrected chi connectivity index (χ4v) is 2.41. The molecule has 0 heterocycles. The van der Waals surface area contributed by atoms with Gasteiger partial charge in [-0.3, -0.25) is 0 Å². The second-order valence-electron chi connectivity index (χ2n) is 5.29. The highest BCUT2D eigenvalue weighted by molar-refractivity contribution is 5.73. The van der Waals surface area contributed by atoms with E-state index in [2.05, 4.69) is 0 Å². The van der Waals surface area contributed by atoms with Gasteiger partial charge < -0.3 is 0 Å². The molecule has 2 aromatic carbocycles. The van der Waals surface area contributed by atoms with Crippen LogP contribution in [0.2, 0.25) is 0 Å². The zero-order valence-electron chi connectivity index (χ0n) is 11.8. The van der Waals surface area contributed by atoms with Crippen molar-refractivity contribution < 1.29 is 13.2 Å². The van der Waals surface area contributed by atoms with Crippen molar-refractivity contribution in [1.29, 1.82) is 0 Å². The maximum absolute atomic E-state index is 13.3. The quantitative estimate of drug-likeness (QED) is 0.650. The minimum absolute atomic E-state index is 0.0350. The molecular weight excluding hydrogens is 261 g/mol. The molecule has 0 atom stereocenters. The number of aryl methyl sites for hydroxylation is 1. The molecule has 0 amide bonds. The molecule has 0 saturated heterocycles. The Hall–Kier alpha value is -1.77. The summed E-state index contributed by atoms with van der Waals surface area (Å²) in [4.78, 5) is 0. The molecule has 106 valence electrons. The minimum atomic E-state index is -4.34. The smallest absolute Gasteiger partial charge is 0.166 e. The summed E-state index contributed by atoms with van der Waals surface area (Å²) < 4.78 is 39.8. The number of halogens is 3. The van der Waals surface area contributed by atoms with Crippen LogP contribution in [-0.4, -0.2) is 0 Å². The van der Waals surface area contributed by atoms with E-state index in [9.17, 15) is 13.2 Å². The molecule has 0 aliphatic carbocycles. The Labute approximate surface area is 117 Å².